The van der Waals surface area contributed by atoms with Gasteiger partial charge in [-0.25, -0.2) is 4.98 Å². The largest absolute Gasteiger partial charge is 0.447 e. The van der Waals surface area contributed by atoms with Crippen molar-refractivity contribution < 1.29 is 9.53 Å². The van der Waals surface area contributed by atoms with Crippen LogP contribution in [0.5, 0.6) is 10.8 Å². The minimum atomic E-state index is -0.237. The maximum Gasteiger partial charge on any atom is 0.255 e. The lowest BCUT2D eigenvalue weighted by molar-refractivity contribution is 0.0952. The van der Waals surface area contributed by atoms with Gasteiger partial charge < -0.3 is 15.8 Å². The van der Waals surface area contributed by atoms with Crippen molar-refractivity contribution in [3.8, 4) is 10.8 Å². The van der Waals surface area contributed by atoms with Gasteiger partial charge in [-0.05, 0) is 50.2 Å². The minimum absolute atomic E-state index is 0.237. The van der Waals surface area contributed by atoms with Gasteiger partial charge in [-0.3, -0.25) is 4.79 Å². The molecule has 0 fully saturated rings. The lowest BCUT2D eigenvalue weighted by Gasteiger charge is -2.06. The maximum atomic E-state index is 12.2. The zero-order chi connectivity index (χ0) is 17.8. The van der Waals surface area contributed by atoms with E-state index in [2.05, 4.69) is 10.3 Å². The second kappa shape index (κ2) is 7.36. The molecule has 0 unspecified atom stereocenters. The van der Waals surface area contributed by atoms with Crippen LogP contribution in [-0.4, -0.2) is 10.9 Å². The summed E-state index contributed by atoms with van der Waals surface area (Å²) in [5, 5.41) is 3.64. The number of thiophene rings is 1. The predicted octanol–water partition coefficient (Wildman–Crippen LogP) is 4.06. The summed E-state index contributed by atoms with van der Waals surface area (Å²) >= 11 is 1.49. The third-order valence-electron chi connectivity index (χ3n) is 3.61. The van der Waals surface area contributed by atoms with E-state index in [1.165, 1.54) is 16.9 Å². The fourth-order valence-electron chi connectivity index (χ4n) is 2.26. The van der Waals surface area contributed by atoms with Crippen molar-refractivity contribution in [2.75, 3.05) is 5.73 Å². The van der Waals surface area contributed by atoms with Crippen molar-refractivity contribution in [3.05, 3.63) is 70.2 Å². The van der Waals surface area contributed by atoms with Crippen LogP contribution in [-0.2, 0) is 6.54 Å². The number of rotatable bonds is 5. The molecule has 25 heavy (non-hydrogen) atoms. The number of nitrogens with zero attached hydrogens (tertiary/aromatic N) is 1. The highest BCUT2D eigenvalue weighted by molar-refractivity contribution is 7.13. The van der Waals surface area contributed by atoms with E-state index in [0.717, 1.165) is 21.4 Å². The molecular weight excluding hydrogens is 334 g/mol. The minimum Gasteiger partial charge on any atom is -0.447 e. The van der Waals surface area contributed by atoms with Gasteiger partial charge in [0, 0.05) is 10.6 Å². The molecule has 0 saturated carbocycles. The number of carbonyl (C=O) groups excluding carboxylic acids is 1. The number of benzene rings is 1. The van der Waals surface area contributed by atoms with E-state index in [9.17, 15) is 4.79 Å². The van der Waals surface area contributed by atoms with Gasteiger partial charge in [-0.2, -0.15) is 0 Å². The molecule has 0 aliphatic carbocycles. The molecule has 0 aliphatic heterocycles. The van der Waals surface area contributed by atoms with Gasteiger partial charge in [0.25, 0.3) is 5.91 Å². The van der Waals surface area contributed by atoms with Crippen molar-refractivity contribution in [3.63, 3.8) is 0 Å². The molecule has 0 spiro atoms. The van der Waals surface area contributed by atoms with Gasteiger partial charge in [0.05, 0.1) is 12.1 Å². The Balaban J connectivity index is 1.59. The molecule has 0 aliphatic rings. The molecule has 2 aromatic heterocycles. The van der Waals surface area contributed by atoms with E-state index < -0.39 is 0 Å². The fraction of sp³-hybridized carbons (Fsp3) is 0.158. The van der Waals surface area contributed by atoms with Crippen LogP contribution < -0.4 is 15.8 Å². The zero-order valence-electron chi connectivity index (χ0n) is 14.1. The number of hydrogen-bond donors (Lipinski definition) is 2. The van der Waals surface area contributed by atoms with Crippen molar-refractivity contribution >= 4 is 23.1 Å². The first-order chi connectivity index (χ1) is 12.0. The highest BCUT2D eigenvalue weighted by atomic mass is 32.1. The molecule has 3 N–H and O–H groups in total. The normalized spacial score (nSPS) is 10.5. The van der Waals surface area contributed by atoms with Crippen LogP contribution in [0.15, 0.2) is 48.5 Å². The van der Waals surface area contributed by atoms with Gasteiger partial charge in [-0.1, -0.05) is 17.7 Å². The van der Waals surface area contributed by atoms with E-state index in [1.54, 1.807) is 12.1 Å². The predicted molar refractivity (Wildman–Crippen MR) is 100 cm³/mol. The quantitative estimate of drug-likeness (QED) is 0.725. The molecule has 3 aromatic rings. The third-order valence-corrected chi connectivity index (χ3v) is 4.57. The van der Waals surface area contributed by atoms with E-state index in [4.69, 9.17) is 10.5 Å². The summed E-state index contributed by atoms with van der Waals surface area (Å²) in [5.41, 5.74) is 8.16. The average molecular weight is 353 g/mol. The number of hydrogen-bond acceptors (Lipinski definition) is 5. The van der Waals surface area contributed by atoms with Crippen LogP contribution in [0.25, 0.3) is 0 Å². The van der Waals surface area contributed by atoms with Gasteiger partial charge in [-0.15, -0.1) is 11.3 Å². The smallest absolute Gasteiger partial charge is 0.255 e. The van der Waals surface area contributed by atoms with Crippen molar-refractivity contribution in [2.45, 2.75) is 20.4 Å². The van der Waals surface area contributed by atoms with E-state index in [1.807, 2.05) is 50.2 Å². The molecule has 3 rings (SSSR count). The second-order valence-corrected chi connectivity index (χ2v) is 6.83. The lowest BCUT2D eigenvalue weighted by Crippen LogP contribution is -2.23. The highest BCUT2D eigenvalue weighted by Gasteiger charge is 2.11. The monoisotopic (exact) mass is 353 g/mol. The van der Waals surface area contributed by atoms with Crippen LogP contribution in [0.1, 0.15) is 26.5 Å². The number of carbonyl (C=O) groups is 1. The number of anilines is 1. The highest BCUT2D eigenvalue weighted by Crippen LogP contribution is 2.29. The molecule has 5 nitrogen and oxygen atoms in total. The number of pyridine rings is 1. The summed E-state index contributed by atoms with van der Waals surface area (Å²) < 4.78 is 5.81. The van der Waals surface area contributed by atoms with Gasteiger partial charge in [0.1, 0.15) is 11.6 Å². The molecule has 0 radical (unpaired) electrons. The van der Waals surface area contributed by atoms with Gasteiger partial charge in [0.15, 0.2) is 5.06 Å². The summed E-state index contributed by atoms with van der Waals surface area (Å²) in [6.45, 7) is 4.28. The Kier molecular flexibility index (Phi) is 5.00. The molecule has 2 heterocycles. The first-order valence-corrected chi connectivity index (χ1v) is 8.67. The summed E-state index contributed by atoms with van der Waals surface area (Å²) in [4.78, 5) is 17.3. The number of ether oxygens (including phenoxy) is 1. The van der Waals surface area contributed by atoms with E-state index in [-0.39, 0.29) is 11.7 Å². The number of aryl methyl sites for hydroxylation is 2. The number of nitrogens with two attached hydrogens (primary N) is 1. The third kappa shape index (κ3) is 4.36. The van der Waals surface area contributed by atoms with Crippen molar-refractivity contribution in [2.24, 2.45) is 0 Å². The van der Waals surface area contributed by atoms with Crippen LogP contribution in [0.3, 0.4) is 0 Å². The molecule has 0 saturated heterocycles. The van der Waals surface area contributed by atoms with Crippen LogP contribution >= 0.6 is 11.3 Å². The first-order valence-electron chi connectivity index (χ1n) is 7.86. The lowest BCUT2D eigenvalue weighted by atomic mass is 10.2. The topological polar surface area (TPSA) is 77.2 Å². The molecular formula is C19H19N3O2S. The van der Waals surface area contributed by atoms with Gasteiger partial charge in [0.2, 0.25) is 0 Å². The summed E-state index contributed by atoms with van der Waals surface area (Å²) in [5.74, 6) is 0.799. The Morgan fingerprint density at radius 2 is 1.88 bits per heavy atom. The Bertz CT molecular complexity index is 888. The Labute approximate surface area is 150 Å². The second-order valence-electron chi connectivity index (χ2n) is 5.70. The van der Waals surface area contributed by atoms with E-state index >= 15 is 0 Å². The van der Waals surface area contributed by atoms with E-state index in [0.29, 0.717) is 12.1 Å². The SMILES string of the molecule is Cc1ccc(Oc2ccc(CNC(=O)c3ccc(C)nc3N)s2)cc1. The Hall–Kier alpha value is -2.86. The van der Waals surface area contributed by atoms with Crippen LogP contribution in [0, 0.1) is 13.8 Å². The zero-order valence-corrected chi connectivity index (χ0v) is 14.9. The number of nitrogens with one attached hydrogen (secondary N) is 1. The summed E-state index contributed by atoms with van der Waals surface area (Å²) in [7, 11) is 0. The number of nitrogen functional groups attached to an aromatic ring is 1. The maximum absolute atomic E-state index is 12.2. The average Bonchev–Trinajstić information content (AvgIpc) is 3.02. The standard InChI is InChI=1S/C19H19N3O2S/c1-12-3-6-14(7-4-12)24-17-10-8-15(25-17)11-21-19(23)16-9-5-13(2)22-18(16)20/h3-10H,11H2,1-2H3,(H2,20,22)(H,21,23). The van der Waals surface area contributed by atoms with Crippen LogP contribution in [0.2, 0.25) is 0 Å². The molecule has 1 amide bonds. The summed E-state index contributed by atoms with van der Waals surface area (Å²) in [6.07, 6.45) is 0. The van der Waals surface area contributed by atoms with Gasteiger partial charge >= 0.3 is 0 Å². The number of amides is 1. The Morgan fingerprint density at radius 3 is 2.60 bits per heavy atom. The number of aromatic nitrogens is 1. The molecule has 128 valence electrons. The van der Waals surface area contributed by atoms with Crippen LogP contribution in [0.4, 0.5) is 5.82 Å². The molecule has 1 aromatic carbocycles. The molecule has 6 heteroatoms. The Morgan fingerprint density at radius 1 is 1.12 bits per heavy atom. The fourth-order valence-corrected chi connectivity index (χ4v) is 3.07. The first kappa shape index (κ1) is 17.0. The van der Waals surface area contributed by atoms with Crippen molar-refractivity contribution in [1.82, 2.24) is 10.3 Å². The molecule has 0 bridgehead atoms. The summed E-state index contributed by atoms with van der Waals surface area (Å²) in [6, 6.07) is 15.2. The molecule has 0 atom stereocenters. The van der Waals surface area contributed by atoms with Crippen molar-refractivity contribution in [1.29, 1.82) is 0 Å².